The summed E-state index contributed by atoms with van der Waals surface area (Å²) in [5.74, 6) is -1.44. The number of carbonyl (C=O) groups excluding carboxylic acids is 2. The van der Waals surface area contributed by atoms with Gasteiger partial charge in [-0.2, -0.15) is 0 Å². The van der Waals surface area contributed by atoms with E-state index in [0.29, 0.717) is 19.4 Å². The second-order valence-electron chi connectivity index (χ2n) is 5.29. The van der Waals surface area contributed by atoms with Crippen LogP contribution in [-0.2, 0) is 23.8 Å². The minimum absolute atomic E-state index is 0.224. The molecule has 114 valence electrons. The van der Waals surface area contributed by atoms with Crippen molar-refractivity contribution in [2.75, 3.05) is 20.3 Å². The number of hydrogen-bond acceptors (Lipinski definition) is 5. The molecule has 0 bridgehead atoms. The minimum atomic E-state index is -0.394. The predicted molar refractivity (Wildman–Crippen MR) is 73.8 cm³/mol. The lowest BCUT2D eigenvalue weighted by atomic mass is 9.79. The van der Waals surface area contributed by atoms with Gasteiger partial charge < -0.3 is 14.2 Å². The number of rotatable bonds is 6. The molecule has 0 spiro atoms. The first-order valence-electron chi connectivity index (χ1n) is 7.05. The Labute approximate surface area is 120 Å². The lowest BCUT2D eigenvalue weighted by Gasteiger charge is -2.27. The van der Waals surface area contributed by atoms with Crippen LogP contribution in [0.15, 0.2) is 11.8 Å². The van der Waals surface area contributed by atoms with Crippen molar-refractivity contribution >= 4 is 11.9 Å². The zero-order valence-electron chi connectivity index (χ0n) is 12.5. The SMILES string of the molecule is COCCOC(=O)C1CCCCC1C(=O)OC=C(C)C. The molecule has 0 aromatic carbocycles. The smallest absolute Gasteiger partial charge is 0.314 e. The highest BCUT2D eigenvalue weighted by molar-refractivity contribution is 5.82. The van der Waals surface area contributed by atoms with E-state index in [1.54, 1.807) is 7.11 Å². The molecular weight excluding hydrogens is 260 g/mol. The van der Waals surface area contributed by atoms with Crippen LogP contribution in [0.25, 0.3) is 0 Å². The van der Waals surface area contributed by atoms with E-state index in [2.05, 4.69) is 0 Å². The van der Waals surface area contributed by atoms with Crippen LogP contribution in [0.1, 0.15) is 39.5 Å². The van der Waals surface area contributed by atoms with Crippen LogP contribution in [0, 0.1) is 11.8 Å². The average Bonchev–Trinajstić information content (AvgIpc) is 2.44. The Morgan fingerprint density at radius 3 is 2.20 bits per heavy atom. The largest absolute Gasteiger partial charge is 0.463 e. The second-order valence-corrected chi connectivity index (χ2v) is 5.29. The molecule has 0 aromatic rings. The van der Waals surface area contributed by atoms with Gasteiger partial charge in [0.05, 0.1) is 24.7 Å². The van der Waals surface area contributed by atoms with Gasteiger partial charge in [0, 0.05) is 7.11 Å². The Morgan fingerprint density at radius 2 is 1.65 bits per heavy atom. The van der Waals surface area contributed by atoms with Crippen LogP contribution in [0.4, 0.5) is 0 Å². The van der Waals surface area contributed by atoms with Crippen molar-refractivity contribution in [2.45, 2.75) is 39.5 Å². The maximum atomic E-state index is 12.0. The van der Waals surface area contributed by atoms with E-state index in [4.69, 9.17) is 14.2 Å². The standard InChI is InChI=1S/C15H24O5/c1-11(2)10-20-15(17)13-7-5-4-6-12(13)14(16)19-9-8-18-3/h10,12-13H,4-9H2,1-3H3. The normalized spacial score (nSPS) is 21.9. The molecular formula is C15H24O5. The summed E-state index contributed by atoms with van der Waals surface area (Å²) in [5, 5.41) is 0. The van der Waals surface area contributed by atoms with Crippen molar-refractivity contribution in [1.29, 1.82) is 0 Å². The molecule has 0 aliphatic heterocycles. The molecule has 0 saturated heterocycles. The molecule has 5 heteroatoms. The van der Waals surface area contributed by atoms with E-state index in [0.717, 1.165) is 18.4 Å². The van der Waals surface area contributed by atoms with Gasteiger partial charge in [-0.25, -0.2) is 0 Å². The molecule has 1 saturated carbocycles. The van der Waals surface area contributed by atoms with Gasteiger partial charge in [0.1, 0.15) is 6.61 Å². The molecule has 1 aliphatic carbocycles. The summed E-state index contributed by atoms with van der Waals surface area (Å²) in [7, 11) is 1.55. The fourth-order valence-electron chi connectivity index (χ4n) is 2.29. The van der Waals surface area contributed by atoms with Crippen molar-refractivity contribution in [2.24, 2.45) is 11.8 Å². The van der Waals surface area contributed by atoms with Crippen molar-refractivity contribution in [3.05, 3.63) is 11.8 Å². The molecule has 2 unspecified atom stereocenters. The number of carbonyl (C=O) groups is 2. The third-order valence-electron chi connectivity index (χ3n) is 3.31. The first kappa shape index (κ1) is 16.7. The molecule has 0 N–H and O–H groups in total. The number of ether oxygens (including phenoxy) is 3. The van der Waals surface area contributed by atoms with Gasteiger partial charge >= 0.3 is 11.9 Å². The number of methoxy groups -OCH3 is 1. The number of allylic oxidation sites excluding steroid dienone is 1. The van der Waals surface area contributed by atoms with Gasteiger partial charge in [-0.05, 0) is 32.3 Å². The molecule has 0 radical (unpaired) electrons. The third kappa shape index (κ3) is 5.33. The van der Waals surface area contributed by atoms with Gasteiger partial charge in [-0.1, -0.05) is 12.8 Å². The molecule has 1 aliphatic rings. The molecule has 0 aromatic heterocycles. The Balaban J connectivity index is 2.59. The van der Waals surface area contributed by atoms with Crippen LogP contribution in [-0.4, -0.2) is 32.3 Å². The maximum absolute atomic E-state index is 12.0. The topological polar surface area (TPSA) is 61.8 Å². The first-order valence-corrected chi connectivity index (χ1v) is 7.05. The van der Waals surface area contributed by atoms with Gasteiger partial charge in [-0.3, -0.25) is 9.59 Å². The summed E-state index contributed by atoms with van der Waals surface area (Å²) in [6, 6.07) is 0. The van der Waals surface area contributed by atoms with E-state index in [1.807, 2.05) is 13.8 Å². The first-order chi connectivity index (χ1) is 9.56. The van der Waals surface area contributed by atoms with E-state index in [9.17, 15) is 9.59 Å². The van der Waals surface area contributed by atoms with Crippen molar-refractivity contribution in [1.82, 2.24) is 0 Å². The average molecular weight is 284 g/mol. The van der Waals surface area contributed by atoms with Crippen molar-refractivity contribution in [3.8, 4) is 0 Å². The molecule has 20 heavy (non-hydrogen) atoms. The Kier molecular flexibility index (Phi) is 7.30. The Bertz CT molecular complexity index is 357. The highest BCUT2D eigenvalue weighted by Gasteiger charge is 2.37. The van der Waals surface area contributed by atoms with Crippen LogP contribution < -0.4 is 0 Å². The van der Waals surface area contributed by atoms with Crippen LogP contribution in [0.2, 0.25) is 0 Å². The summed E-state index contributed by atoms with van der Waals surface area (Å²) in [4.78, 5) is 24.1. The highest BCUT2D eigenvalue weighted by Crippen LogP contribution is 2.32. The summed E-state index contributed by atoms with van der Waals surface area (Å²) >= 11 is 0. The summed E-state index contributed by atoms with van der Waals surface area (Å²) in [5.41, 5.74) is 0.911. The maximum Gasteiger partial charge on any atom is 0.314 e. The summed E-state index contributed by atoms with van der Waals surface area (Å²) in [6.45, 7) is 4.29. The van der Waals surface area contributed by atoms with E-state index < -0.39 is 11.8 Å². The number of hydrogen-bond donors (Lipinski definition) is 0. The van der Waals surface area contributed by atoms with Crippen molar-refractivity contribution < 1.29 is 23.8 Å². The van der Waals surface area contributed by atoms with Gasteiger partial charge in [0.2, 0.25) is 0 Å². The Morgan fingerprint density at radius 1 is 1.05 bits per heavy atom. The van der Waals surface area contributed by atoms with Crippen LogP contribution in [0.5, 0.6) is 0 Å². The molecule has 5 nitrogen and oxygen atoms in total. The van der Waals surface area contributed by atoms with Crippen molar-refractivity contribution in [3.63, 3.8) is 0 Å². The van der Waals surface area contributed by atoms with E-state index in [1.165, 1.54) is 6.26 Å². The second kappa shape index (κ2) is 8.74. The van der Waals surface area contributed by atoms with Gasteiger partial charge in [0.15, 0.2) is 0 Å². The zero-order chi connectivity index (χ0) is 15.0. The molecule has 1 fully saturated rings. The van der Waals surface area contributed by atoms with Gasteiger partial charge in [-0.15, -0.1) is 0 Å². The van der Waals surface area contributed by atoms with Gasteiger partial charge in [0.25, 0.3) is 0 Å². The quantitative estimate of drug-likeness (QED) is 0.426. The molecule has 2 atom stereocenters. The van der Waals surface area contributed by atoms with Crippen LogP contribution >= 0.6 is 0 Å². The van der Waals surface area contributed by atoms with E-state index >= 15 is 0 Å². The third-order valence-corrected chi connectivity index (χ3v) is 3.31. The molecule has 1 rings (SSSR count). The fraction of sp³-hybridized carbons (Fsp3) is 0.733. The predicted octanol–water partition coefficient (Wildman–Crippen LogP) is 2.45. The lowest BCUT2D eigenvalue weighted by Crippen LogP contribution is -2.34. The lowest BCUT2D eigenvalue weighted by molar-refractivity contribution is -0.160. The fourth-order valence-corrected chi connectivity index (χ4v) is 2.29. The van der Waals surface area contributed by atoms with E-state index in [-0.39, 0.29) is 18.5 Å². The highest BCUT2D eigenvalue weighted by atomic mass is 16.6. The minimum Gasteiger partial charge on any atom is -0.463 e. The summed E-state index contributed by atoms with van der Waals surface area (Å²) in [6.07, 6.45) is 4.68. The zero-order valence-corrected chi connectivity index (χ0v) is 12.5. The van der Waals surface area contributed by atoms with Crippen LogP contribution in [0.3, 0.4) is 0 Å². The summed E-state index contributed by atoms with van der Waals surface area (Å²) < 4.78 is 15.1. The Hall–Kier alpha value is -1.36. The number of esters is 2. The molecule has 0 heterocycles. The molecule has 0 amide bonds. The monoisotopic (exact) mass is 284 g/mol.